The van der Waals surface area contributed by atoms with Gasteiger partial charge in [0.25, 0.3) is 5.91 Å². The van der Waals surface area contributed by atoms with Crippen LogP contribution in [0.25, 0.3) is 22.6 Å². The van der Waals surface area contributed by atoms with Crippen LogP contribution in [0.5, 0.6) is 11.5 Å². The van der Waals surface area contributed by atoms with Crippen LogP contribution in [0.1, 0.15) is 46.1 Å². The van der Waals surface area contributed by atoms with Gasteiger partial charge in [-0.1, -0.05) is 84.7 Å². The Hall–Kier alpha value is -4.19. The molecule has 4 nitrogen and oxygen atoms in total. The zero-order valence-corrected chi connectivity index (χ0v) is 25.3. The normalized spacial score (nSPS) is 15.4. The molecule has 1 aliphatic rings. The molecule has 0 spiro atoms. The van der Waals surface area contributed by atoms with Crippen LogP contribution in [0.2, 0.25) is 10.0 Å². The summed E-state index contributed by atoms with van der Waals surface area (Å²) in [5.41, 5.74) is 6.27. The molecule has 0 saturated carbocycles. The van der Waals surface area contributed by atoms with Crippen molar-refractivity contribution in [3.8, 4) is 11.5 Å². The molecule has 7 heteroatoms. The Morgan fingerprint density at radius 1 is 1.00 bits per heavy atom. The minimum Gasteiger partial charge on any atom is -0.457 e. The highest BCUT2D eigenvalue weighted by molar-refractivity contribution is 6.31. The number of hydrogen-bond donors (Lipinski definition) is 0. The third-order valence-corrected chi connectivity index (χ3v) is 8.22. The average molecular weight is 612 g/mol. The Kier molecular flexibility index (Phi) is 8.20. The summed E-state index contributed by atoms with van der Waals surface area (Å²) in [7, 11) is 1.78. The summed E-state index contributed by atoms with van der Waals surface area (Å²) in [5, 5.41) is 1.30. The van der Waals surface area contributed by atoms with E-state index in [-0.39, 0.29) is 23.2 Å². The maximum atomic E-state index is 14.4. The minimum atomic E-state index is -0.584. The lowest BCUT2D eigenvalue weighted by Crippen LogP contribution is -2.29. The molecule has 5 aromatic rings. The van der Waals surface area contributed by atoms with Gasteiger partial charge in [-0.15, -0.1) is 0 Å². The van der Waals surface area contributed by atoms with Crippen LogP contribution in [0.3, 0.4) is 0 Å². The summed E-state index contributed by atoms with van der Waals surface area (Å²) in [5.74, 6) is 0.358. The summed E-state index contributed by atoms with van der Waals surface area (Å²) in [6.07, 6.45) is 3.82. The van der Waals surface area contributed by atoms with Crippen LogP contribution < -0.4 is 4.74 Å². The summed E-state index contributed by atoms with van der Waals surface area (Å²) in [6.45, 7) is 2.46. The molecular weight excluding hydrogens is 582 g/mol. The van der Waals surface area contributed by atoms with Crippen molar-refractivity contribution in [3.63, 3.8) is 0 Å². The Morgan fingerprint density at radius 3 is 2.56 bits per heavy atom. The van der Waals surface area contributed by atoms with E-state index in [4.69, 9.17) is 32.9 Å². The van der Waals surface area contributed by atoms with Gasteiger partial charge in [0.1, 0.15) is 17.3 Å². The number of halogens is 3. The molecule has 1 amide bonds. The van der Waals surface area contributed by atoms with E-state index in [0.717, 1.165) is 51.7 Å². The standard InChI is InChI=1S/C36H29Cl2FN2O2/c1-22-16-25(18-23-8-4-3-5-9-23)35-29(17-22)34(28-10-6-7-11-32(28)40-35)36(42)41(2)21-24-12-13-26(37)19-33(24)43-27-14-15-30(38)31(39)20-27/h3-15,18-20,22H,16-17,21H2,1-2H3/b25-18-. The van der Waals surface area contributed by atoms with Crippen molar-refractivity contribution in [2.24, 2.45) is 5.92 Å². The second-order valence-electron chi connectivity index (χ2n) is 11.0. The first-order valence-electron chi connectivity index (χ1n) is 14.1. The van der Waals surface area contributed by atoms with E-state index in [2.05, 4.69) is 25.1 Å². The first-order valence-corrected chi connectivity index (χ1v) is 14.9. The highest BCUT2D eigenvalue weighted by Gasteiger charge is 2.29. The van der Waals surface area contributed by atoms with Crippen molar-refractivity contribution >= 4 is 51.7 Å². The van der Waals surface area contributed by atoms with Crippen molar-refractivity contribution in [3.05, 3.63) is 135 Å². The second kappa shape index (κ2) is 12.2. The van der Waals surface area contributed by atoms with Crippen molar-refractivity contribution in [1.82, 2.24) is 9.88 Å². The predicted octanol–water partition coefficient (Wildman–Crippen LogP) is 9.87. The van der Waals surface area contributed by atoms with Gasteiger partial charge in [-0.25, -0.2) is 9.37 Å². The van der Waals surface area contributed by atoms with Gasteiger partial charge >= 0.3 is 0 Å². The smallest absolute Gasteiger partial charge is 0.254 e. The number of rotatable bonds is 6. The lowest BCUT2D eigenvalue weighted by Gasteiger charge is -2.28. The third-order valence-electron chi connectivity index (χ3n) is 7.68. The largest absolute Gasteiger partial charge is 0.457 e. The van der Waals surface area contributed by atoms with E-state index in [9.17, 15) is 9.18 Å². The quantitative estimate of drug-likeness (QED) is 0.192. The Bertz CT molecular complexity index is 1870. The van der Waals surface area contributed by atoms with Crippen molar-refractivity contribution in [2.75, 3.05) is 7.05 Å². The van der Waals surface area contributed by atoms with E-state index in [0.29, 0.717) is 22.3 Å². The number of aromatic nitrogens is 1. The number of fused-ring (bicyclic) bond motifs is 2. The molecule has 1 atom stereocenters. The van der Waals surface area contributed by atoms with E-state index in [1.54, 1.807) is 30.1 Å². The molecule has 1 aliphatic carbocycles. The fraction of sp³-hybridized carbons (Fsp3) is 0.167. The van der Waals surface area contributed by atoms with Gasteiger partial charge in [-0.3, -0.25) is 4.79 Å². The van der Waals surface area contributed by atoms with Gasteiger partial charge in [0.2, 0.25) is 0 Å². The number of nitrogens with zero attached hydrogens (tertiary/aromatic N) is 2. The number of hydrogen-bond acceptors (Lipinski definition) is 3. The molecule has 0 fully saturated rings. The third kappa shape index (κ3) is 6.15. The zero-order valence-electron chi connectivity index (χ0n) is 23.8. The van der Waals surface area contributed by atoms with Gasteiger partial charge < -0.3 is 9.64 Å². The van der Waals surface area contributed by atoms with Gasteiger partial charge in [-0.05, 0) is 71.9 Å². The van der Waals surface area contributed by atoms with E-state index < -0.39 is 5.82 Å². The van der Waals surface area contributed by atoms with Crippen LogP contribution in [0, 0.1) is 11.7 Å². The second-order valence-corrected chi connectivity index (χ2v) is 11.9. The first-order chi connectivity index (χ1) is 20.8. The van der Waals surface area contributed by atoms with Crippen molar-refractivity contribution < 1.29 is 13.9 Å². The fourth-order valence-corrected chi connectivity index (χ4v) is 5.95. The molecule has 1 heterocycles. The van der Waals surface area contributed by atoms with Crippen LogP contribution >= 0.6 is 23.2 Å². The number of allylic oxidation sites excluding steroid dienone is 1. The summed E-state index contributed by atoms with van der Waals surface area (Å²) in [6, 6.07) is 27.5. The Labute approximate surface area is 260 Å². The molecule has 0 aliphatic heterocycles. The Morgan fingerprint density at radius 2 is 1.77 bits per heavy atom. The molecule has 1 unspecified atom stereocenters. The van der Waals surface area contributed by atoms with Crippen molar-refractivity contribution in [1.29, 1.82) is 0 Å². The Balaban J connectivity index is 1.39. The molecule has 0 saturated heterocycles. The number of carbonyl (C=O) groups is 1. The highest BCUT2D eigenvalue weighted by atomic mass is 35.5. The van der Waals surface area contributed by atoms with Gasteiger partial charge in [0, 0.05) is 35.6 Å². The SMILES string of the molecule is CC1C/C(=C/c2ccccc2)c2nc3ccccc3c(C(=O)N(C)Cc3ccc(Cl)cc3Oc3ccc(Cl)c(F)c3)c2C1. The van der Waals surface area contributed by atoms with Gasteiger partial charge in [-0.2, -0.15) is 0 Å². The number of carbonyl (C=O) groups excluding carboxylic acids is 1. The number of para-hydroxylation sites is 1. The monoisotopic (exact) mass is 610 g/mol. The highest BCUT2D eigenvalue weighted by Crippen LogP contribution is 2.39. The van der Waals surface area contributed by atoms with Gasteiger partial charge in [0.15, 0.2) is 0 Å². The van der Waals surface area contributed by atoms with Crippen LogP contribution in [0.15, 0.2) is 91.0 Å². The lowest BCUT2D eigenvalue weighted by atomic mass is 9.80. The molecule has 1 aromatic heterocycles. The molecule has 43 heavy (non-hydrogen) atoms. The minimum absolute atomic E-state index is 0.00740. The van der Waals surface area contributed by atoms with E-state index >= 15 is 0 Å². The molecule has 0 bridgehead atoms. The number of pyridine rings is 1. The average Bonchev–Trinajstić information content (AvgIpc) is 2.99. The molecule has 0 radical (unpaired) electrons. The number of ether oxygens (including phenoxy) is 1. The van der Waals surface area contributed by atoms with E-state index in [1.807, 2.05) is 48.5 Å². The molecule has 0 N–H and O–H groups in total. The zero-order chi connectivity index (χ0) is 30.1. The molecule has 4 aromatic carbocycles. The van der Waals surface area contributed by atoms with Crippen LogP contribution in [-0.4, -0.2) is 22.8 Å². The van der Waals surface area contributed by atoms with Gasteiger partial charge in [0.05, 0.1) is 21.8 Å². The lowest BCUT2D eigenvalue weighted by molar-refractivity contribution is 0.0785. The summed E-state index contributed by atoms with van der Waals surface area (Å²) >= 11 is 12.1. The first kappa shape index (κ1) is 28.9. The molecule has 6 rings (SSSR count). The molecule has 216 valence electrons. The topological polar surface area (TPSA) is 42.4 Å². The summed E-state index contributed by atoms with van der Waals surface area (Å²) in [4.78, 5) is 21.1. The number of benzene rings is 4. The van der Waals surface area contributed by atoms with Crippen LogP contribution in [0.4, 0.5) is 4.39 Å². The van der Waals surface area contributed by atoms with Crippen molar-refractivity contribution in [2.45, 2.75) is 26.3 Å². The number of amides is 1. The molecular formula is C36H29Cl2FN2O2. The van der Waals surface area contributed by atoms with E-state index in [1.165, 1.54) is 12.1 Å². The predicted molar refractivity (Wildman–Crippen MR) is 172 cm³/mol. The maximum absolute atomic E-state index is 14.4. The van der Waals surface area contributed by atoms with Crippen LogP contribution in [-0.2, 0) is 13.0 Å². The maximum Gasteiger partial charge on any atom is 0.254 e. The fourth-order valence-electron chi connectivity index (χ4n) is 5.67. The summed E-state index contributed by atoms with van der Waals surface area (Å²) < 4.78 is 20.1.